The SMILES string of the molecule is CCOC(=O)c1cc(Sc2cccc(Br)c2)ncc1N. The van der Waals surface area contributed by atoms with Gasteiger partial charge in [-0.3, -0.25) is 0 Å². The Hall–Kier alpha value is -1.53. The molecule has 1 aromatic carbocycles. The highest BCUT2D eigenvalue weighted by molar-refractivity contribution is 9.10. The number of nitrogen functional groups attached to an aromatic ring is 1. The molecule has 2 rings (SSSR count). The molecule has 1 aromatic heterocycles. The fourth-order valence-corrected chi connectivity index (χ4v) is 2.95. The van der Waals surface area contributed by atoms with Crippen molar-refractivity contribution in [3.63, 3.8) is 0 Å². The first-order chi connectivity index (χ1) is 9.60. The van der Waals surface area contributed by atoms with Crippen molar-refractivity contribution in [2.75, 3.05) is 12.3 Å². The van der Waals surface area contributed by atoms with Gasteiger partial charge < -0.3 is 10.5 Å². The van der Waals surface area contributed by atoms with Gasteiger partial charge in [0.05, 0.1) is 24.1 Å². The molecule has 2 aromatic rings. The molecule has 0 amide bonds. The topological polar surface area (TPSA) is 65.2 Å². The maximum Gasteiger partial charge on any atom is 0.340 e. The van der Waals surface area contributed by atoms with Gasteiger partial charge in [0.1, 0.15) is 5.03 Å². The number of hydrogen-bond donors (Lipinski definition) is 1. The third-order valence-corrected chi connectivity index (χ3v) is 3.84. The number of nitrogens with zero attached hydrogens (tertiary/aromatic N) is 1. The lowest BCUT2D eigenvalue weighted by molar-refractivity contribution is 0.0527. The van der Waals surface area contributed by atoms with E-state index >= 15 is 0 Å². The van der Waals surface area contributed by atoms with E-state index in [0.29, 0.717) is 22.9 Å². The van der Waals surface area contributed by atoms with Gasteiger partial charge in [0.15, 0.2) is 0 Å². The Morgan fingerprint density at radius 2 is 2.25 bits per heavy atom. The maximum absolute atomic E-state index is 11.8. The molecule has 0 bridgehead atoms. The number of esters is 1. The monoisotopic (exact) mass is 352 g/mol. The summed E-state index contributed by atoms with van der Waals surface area (Å²) < 4.78 is 5.96. The number of pyridine rings is 1. The summed E-state index contributed by atoms with van der Waals surface area (Å²) in [6, 6.07) is 9.49. The van der Waals surface area contributed by atoms with E-state index in [4.69, 9.17) is 10.5 Å². The van der Waals surface area contributed by atoms with Crippen LogP contribution >= 0.6 is 27.7 Å². The molecule has 2 N–H and O–H groups in total. The number of carbonyl (C=O) groups is 1. The van der Waals surface area contributed by atoms with E-state index in [9.17, 15) is 4.79 Å². The minimum Gasteiger partial charge on any atom is -0.462 e. The van der Waals surface area contributed by atoms with E-state index in [-0.39, 0.29) is 0 Å². The molecule has 0 spiro atoms. The number of hydrogen-bond acceptors (Lipinski definition) is 5. The second kappa shape index (κ2) is 6.76. The molecule has 0 saturated carbocycles. The summed E-state index contributed by atoms with van der Waals surface area (Å²) >= 11 is 4.87. The van der Waals surface area contributed by atoms with Crippen molar-refractivity contribution in [3.8, 4) is 0 Å². The summed E-state index contributed by atoms with van der Waals surface area (Å²) in [5.41, 5.74) is 6.43. The van der Waals surface area contributed by atoms with Gasteiger partial charge in [-0.25, -0.2) is 9.78 Å². The highest BCUT2D eigenvalue weighted by atomic mass is 79.9. The van der Waals surface area contributed by atoms with Gasteiger partial charge in [-0.2, -0.15) is 0 Å². The highest BCUT2D eigenvalue weighted by Gasteiger charge is 2.13. The minimum absolute atomic E-state index is 0.314. The van der Waals surface area contributed by atoms with Crippen molar-refractivity contribution in [3.05, 3.63) is 46.6 Å². The van der Waals surface area contributed by atoms with Crippen LogP contribution in [0.5, 0.6) is 0 Å². The summed E-state index contributed by atoms with van der Waals surface area (Å²) in [6.07, 6.45) is 1.48. The summed E-state index contributed by atoms with van der Waals surface area (Å²) in [5, 5.41) is 0.695. The van der Waals surface area contributed by atoms with Gasteiger partial charge in [-0.15, -0.1) is 0 Å². The molecular weight excluding hydrogens is 340 g/mol. The van der Waals surface area contributed by atoms with Gasteiger partial charge >= 0.3 is 5.97 Å². The number of ether oxygens (including phenoxy) is 1. The maximum atomic E-state index is 11.8. The zero-order valence-electron chi connectivity index (χ0n) is 10.8. The molecule has 0 fully saturated rings. The van der Waals surface area contributed by atoms with E-state index in [1.807, 2.05) is 24.3 Å². The first kappa shape index (κ1) is 14.9. The van der Waals surface area contributed by atoms with E-state index in [0.717, 1.165) is 9.37 Å². The number of rotatable bonds is 4. The Kier molecular flexibility index (Phi) is 5.03. The van der Waals surface area contributed by atoms with Crippen LogP contribution in [0.2, 0.25) is 0 Å². The summed E-state index contributed by atoms with van der Waals surface area (Å²) in [7, 11) is 0. The Bertz CT molecular complexity index is 634. The molecule has 6 heteroatoms. The van der Waals surface area contributed by atoms with E-state index in [1.54, 1.807) is 13.0 Å². The Balaban J connectivity index is 2.25. The minimum atomic E-state index is -0.427. The number of benzene rings is 1. The van der Waals surface area contributed by atoms with Gasteiger partial charge in [0.25, 0.3) is 0 Å². The number of nitrogens with two attached hydrogens (primary N) is 1. The van der Waals surface area contributed by atoms with Gasteiger partial charge in [-0.1, -0.05) is 33.8 Å². The van der Waals surface area contributed by atoms with Gasteiger partial charge in [0.2, 0.25) is 0 Å². The van der Waals surface area contributed by atoms with E-state index in [1.165, 1.54) is 18.0 Å². The zero-order valence-corrected chi connectivity index (χ0v) is 13.2. The van der Waals surface area contributed by atoms with Crippen LogP contribution in [0.4, 0.5) is 5.69 Å². The average Bonchev–Trinajstić information content (AvgIpc) is 2.41. The summed E-state index contributed by atoms with van der Waals surface area (Å²) in [5.74, 6) is -0.427. The quantitative estimate of drug-likeness (QED) is 0.848. The first-order valence-electron chi connectivity index (χ1n) is 5.96. The van der Waals surface area contributed by atoms with Crippen LogP contribution in [0.1, 0.15) is 17.3 Å². The molecule has 0 aliphatic rings. The smallest absolute Gasteiger partial charge is 0.340 e. The van der Waals surface area contributed by atoms with Crippen molar-refractivity contribution in [2.24, 2.45) is 0 Å². The zero-order chi connectivity index (χ0) is 14.5. The normalized spacial score (nSPS) is 10.3. The average molecular weight is 353 g/mol. The molecule has 20 heavy (non-hydrogen) atoms. The molecular formula is C14H13BrN2O2S. The van der Waals surface area contributed by atoms with Crippen LogP contribution in [-0.2, 0) is 4.74 Å². The summed E-state index contributed by atoms with van der Waals surface area (Å²) in [4.78, 5) is 17.0. The van der Waals surface area contributed by atoms with Crippen LogP contribution in [0.15, 0.2) is 50.9 Å². The molecule has 0 atom stereocenters. The van der Waals surface area contributed by atoms with Crippen molar-refractivity contribution in [2.45, 2.75) is 16.8 Å². The van der Waals surface area contributed by atoms with Crippen LogP contribution in [-0.4, -0.2) is 17.6 Å². The lowest BCUT2D eigenvalue weighted by atomic mass is 10.2. The van der Waals surface area contributed by atoms with Gasteiger partial charge in [-0.05, 0) is 31.2 Å². The second-order valence-corrected chi connectivity index (χ2v) is 5.90. The molecule has 0 radical (unpaired) electrons. The number of anilines is 1. The standard InChI is InChI=1S/C14H13BrN2O2S/c1-2-19-14(18)11-7-13(17-8-12(11)16)20-10-5-3-4-9(15)6-10/h3-8H,2,16H2,1H3. The molecule has 0 unspecified atom stereocenters. The Labute approximate surface area is 129 Å². The second-order valence-electron chi connectivity index (χ2n) is 3.89. The molecule has 0 aliphatic heterocycles. The predicted octanol–water partition coefficient (Wildman–Crippen LogP) is 3.75. The third kappa shape index (κ3) is 3.74. The third-order valence-electron chi connectivity index (χ3n) is 2.42. The molecule has 0 aliphatic carbocycles. The Morgan fingerprint density at radius 1 is 1.45 bits per heavy atom. The van der Waals surface area contributed by atoms with Crippen LogP contribution in [0, 0.1) is 0 Å². The lowest BCUT2D eigenvalue weighted by Crippen LogP contribution is -2.08. The molecule has 0 saturated heterocycles. The highest BCUT2D eigenvalue weighted by Crippen LogP contribution is 2.29. The fraction of sp³-hybridized carbons (Fsp3) is 0.143. The van der Waals surface area contributed by atoms with Crippen molar-refractivity contribution < 1.29 is 9.53 Å². The Morgan fingerprint density at radius 3 is 2.95 bits per heavy atom. The molecule has 1 heterocycles. The lowest BCUT2D eigenvalue weighted by Gasteiger charge is -2.07. The van der Waals surface area contributed by atoms with E-state index in [2.05, 4.69) is 20.9 Å². The number of aromatic nitrogens is 1. The van der Waals surface area contributed by atoms with Crippen LogP contribution in [0.3, 0.4) is 0 Å². The van der Waals surface area contributed by atoms with Crippen LogP contribution < -0.4 is 5.73 Å². The first-order valence-corrected chi connectivity index (χ1v) is 7.57. The number of halogens is 1. The number of carbonyl (C=O) groups excluding carboxylic acids is 1. The predicted molar refractivity (Wildman–Crippen MR) is 82.9 cm³/mol. The fourth-order valence-electron chi connectivity index (χ4n) is 1.54. The van der Waals surface area contributed by atoms with Gasteiger partial charge in [0, 0.05) is 9.37 Å². The van der Waals surface area contributed by atoms with Crippen molar-refractivity contribution in [1.82, 2.24) is 4.98 Å². The van der Waals surface area contributed by atoms with E-state index < -0.39 is 5.97 Å². The van der Waals surface area contributed by atoms with Crippen LogP contribution in [0.25, 0.3) is 0 Å². The van der Waals surface area contributed by atoms with Crippen molar-refractivity contribution in [1.29, 1.82) is 0 Å². The largest absolute Gasteiger partial charge is 0.462 e. The summed E-state index contributed by atoms with van der Waals surface area (Å²) in [6.45, 7) is 2.07. The van der Waals surface area contributed by atoms with Crippen molar-refractivity contribution >= 4 is 39.3 Å². The molecule has 104 valence electrons. The molecule has 4 nitrogen and oxygen atoms in total.